The zero-order valence-electron chi connectivity index (χ0n) is 19.4. The predicted molar refractivity (Wildman–Crippen MR) is 123 cm³/mol. The summed E-state index contributed by atoms with van der Waals surface area (Å²) >= 11 is 0. The number of rotatable bonds is 5. The number of benzene rings is 2. The molecule has 2 saturated heterocycles. The number of aliphatic hydroxyl groups is 1. The molecule has 3 aliphatic rings. The number of carbonyl (C=O) groups is 1. The third-order valence-electron chi connectivity index (χ3n) is 7.33. The van der Waals surface area contributed by atoms with E-state index in [9.17, 15) is 31.5 Å². The van der Waals surface area contributed by atoms with Gasteiger partial charge in [0.05, 0.1) is 23.1 Å². The maximum atomic E-state index is 14.1. The summed E-state index contributed by atoms with van der Waals surface area (Å²) < 4.78 is 76.8. The van der Waals surface area contributed by atoms with Crippen molar-refractivity contribution in [2.24, 2.45) is 0 Å². The van der Waals surface area contributed by atoms with Crippen LogP contribution in [0.15, 0.2) is 47.4 Å². The average Bonchev–Trinajstić information content (AvgIpc) is 3.50. The van der Waals surface area contributed by atoms with E-state index in [0.717, 1.165) is 12.1 Å². The molecule has 2 aromatic carbocycles. The van der Waals surface area contributed by atoms with Gasteiger partial charge in [0.1, 0.15) is 11.4 Å². The summed E-state index contributed by atoms with van der Waals surface area (Å²) in [6.07, 6.45) is 1.39. The molecule has 1 saturated carbocycles. The molecule has 3 atom stereocenters. The number of aliphatic hydroxyl groups excluding tert-OH is 1. The fourth-order valence-corrected chi connectivity index (χ4v) is 7.30. The van der Waals surface area contributed by atoms with Gasteiger partial charge in [0, 0.05) is 13.1 Å². The van der Waals surface area contributed by atoms with Crippen LogP contribution in [0.4, 0.5) is 18.0 Å². The number of hydrogen-bond acceptors (Lipinski definition) is 5. The molecular weight excluding hydrogens is 497 g/mol. The Hall–Kier alpha value is -2.63. The van der Waals surface area contributed by atoms with Crippen molar-refractivity contribution in [1.29, 1.82) is 0 Å². The Morgan fingerprint density at radius 1 is 1.03 bits per heavy atom. The van der Waals surface area contributed by atoms with Gasteiger partial charge in [-0.2, -0.15) is 4.31 Å². The molecule has 3 fully saturated rings. The zero-order chi connectivity index (χ0) is 25.7. The van der Waals surface area contributed by atoms with Crippen molar-refractivity contribution in [2.45, 2.75) is 67.2 Å². The zero-order valence-corrected chi connectivity index (χ0v) is 20.3. The van der Waals surface area contributed by atoms with Crippen LogP contribution < -0.4 is 0 Å². The van der Waals surface area contributed by atoms with Gasteiger partial charge in [-0.15, -0.1) is 0 Å². The Balaban J connectivity index is 1.54. The fraction of sp³-hybridized carbons (Fsp3) is 0.480. The molecule has 0 bridgehead atoms. The highest BCUT2D eigenvalue weighted by Gasteiger charge is 2.60. The second-order valence-electron chi connectivity index (χ2n) is 9.75. The Morgan fingerprint density at radius 2 is 1.81 bits per heavy atom. The van der Waals surface area contributed by atoms with E-state index >= 15 is 0 Å². The Labute approximate surface area is 207 Å². The van der Waals surface area contributed by atoms with E-state index in [2.05, 4.69) is 0 Å². The first-order chi connectivity index (χ1) is 17.1. The number of sulfonamides is 1. The van der Waals surface area contributed by atoms with Crippen molar-refractivity contribution in [3.8, 4) is 0 Å². The molecular formula is C25H27F3N2O5S. The van der Waals surface area contributed by atoms with Crippen LogP contribution in [0.1, 0.15) is 50.1 Å². The molecule has 11 heteroatoms. The van der Waals surface area contributed by atoms with Crippen molar-refractivity contribution in [3.63, 3.8) is 0 Å². The number of amides is 1. The van der Waals surface area contributed by atoms with Gasteiger partial charge in [-0.1, -0.05) is 12.1 Å². The standard InChI is InChI=1S/C25H27F3N2O5S/c26-17-4-1-3-16(13-17)22-5-2-6-23(25(10-11-25)35-24(32)29-12-9-18(31)15-29)30(22)36(33,34)19-7-8-20(27)21(28)14-19/h1,3-4,7-8,13-14,18,22-23,31H,2,5-6,9-12,15H2/t18?,22-,23+/m0/s1. The van der Waals surface area contributed by atoms with Gasteiger partial charge in [0.15, 0.2) is 11.6 Å². The van der Waals surface area contributed by atoms with Crippen molar-refractivity contribution < 1.29 is 36.2 Å². The van der Waals surface area contributed by atoms with Gasteiger partial charge in [-0.25, -0.2) is 26.4 Å². The van der Waals surface area contributed by atoms with Gasteiger partial charge in [0.2, 0.25) is 10.0 Å². The van der Waals surface area contributed by atoms with Crippen LogP contribution in [0.3, 0.4) is 0 Å². The van der Waals surface area contributed by atoms with Crippen LogP contribution in [-0.4, -0.2) is 59.7 Å². The van der Waals surface area contributed by atoms with Crippen LogP contribution in [0.2, 0.25) is 0 Å². The minimum atomic E-state index is -4.41. The molecule has 2 aromatic rings. The largest absolute Gasteiger partial charge is 0.441 e. The number of hydrogen-bond donors (Lipinski definition) is 1. The third-order valence-corrected chi connectivity index (χ3v) is 9.25. The van der Waals surface area contributed by atoms with E-state index in [1.807, 2.05) is 0 Å². The molecule has 194 valence electrons. The number of carbonyl (C=O) groups excluding carboxylic acids is 1. The summed E-state index contributed by atoms with van der Waals surface area (Å²) in [4.78, 5) is 13.8. The van der Waals surface area contributed by atoms with Crippen molar-refractivity contribution in [2.75, 3.05) is 13.1 Å². The number of likely N-dealkylation sites (tertiary alicyclic amines) is 1. The van der Waals surface area contributed by atoms with E-state index in [1.54, 1.807) is 6.07 Å². The first kappa shape index (κ1) is 25.0. The first-order valence-corrected chi connectivity index (χ1v) is 13.4. The Morgan fingerprint density at radius 3 is 2.44 bits per heavy atom. The molecule has 2 heterocycles. The van der Waals surface area contributed by atoms with Crippen LogP contribution in [-0.2, 0) is 14.8 Å². The lowest BCUT2D eigenvalue weighted by atomic mass is 9.90. The molecule has 0 radical (unpaired) electrons. The predicted octanol–water partition coefficient (Wildman–Crippen LogP) is 4.12. The maximum Gasteiger partial charge on any atom is 0.410 e. The topological polar surface area (TPSA) is 87.2 Å². The quantitative estimate of drug-likeness (QED) is 0.636. The van der Waals surface area contributed by atoms with Crippen molar-refractivity contribution >= 4 is 16.1 Å². The van der Waals surface area contributed by atoms with Gasteiger partial charge < -0.3 is 14.7 Å². The average molecular weight is 525 g/mol. The third kappa shape index (κ3) is 4.59. The van der Waals surface area contributed by atoms with E-state index < -0.39 is 62.3 Å². The van der Waals surface area contributed by atoms with E-state index in [1.165, 1.54) is 27.4 Å². The molecule has 1 N–H and O–H groups in total. The minimum Gasteiger partial charge on any atom is -0.441 e. The monoisotopic (exact) mass is 524 g/mol. The van der Waals surface area contributed by atoms with Crippen molar-refractivity contribution in [1.82, 2.24) is 9.21 Å². The molecule has 1 unspecified atom stereocenters. The number of ether oxygens (including phenoxy) is 1. The van der Waals surface area contributed by atoms with Gasteiger partial charge in [-0.05, 0) is 74.4 Å². The minimum absolute atomic E-state index is 0.141. The summed E-state index contributed by atoms with van der Waals surface area (Å²) in [6, 6.07) is 6.45. The summed E-state index contributed by atoms with van der Waals surface area (Å²) in [7, 11) is -4.41. The fourth-order valence-electron chi connectivity index (χ4n) is 5.37. The molecule has 1 aliphatic carbocycles. The highest BCUT2D eigenvalue weighted by molar-refractivity contribution is 7.89. The van der Waals surface area contributed by atoms with Crippen LogP contribution >= 0.6 is 0 Å². The van der Waals surface area contributed by atoms with E-state index in [-0.39, 0.29) is 6.54 Å². The molecule has 2 aliphatic heterocycles. The lowest BCUT2D eigenvalue weighted by molar-refractivity contribution is -0.00720. The second-order valence-corrected chi connectivity index (χ2v) is 11.6. The second kappa shape index (κ2) is 9.35. The van der Waals surface area contributed by atoms with E-state index in [0.29, 0.717) is 56.7 Å². The Kier molecular flexibility index (Phi) is 6.50. The van der Waals surface area contributed by atoms with Crippen LogP contribution in [0, 0.1) is 17.5 Å². The summed E-state index contributed by atoms with van der Waals surface area (Å²) in [5.74, 6) is -3.00. The lowest BCUT2D eigenvalue weighted by Gasteiger charge is -2.44. The summed E-state index contributed by atoms with van der Waals surface area (Å²) in [5, 5.41) is 9.79. The molecule has 7 nitrogen and oxygen atoms in total. The molecule has 5 rings (SSSR count). The smallest absolute Gasteiger partial charge is 0.410 e. The summed E-state index contributed by atoms with van der Waals surface area (Å²) in [6.45, 7) is 0.478. The molecule has 36 heavy (non-hydrogen) atoms. The molecule has 1 amide bonds. The van der Waals surface area contributed by atoms with Gasteiger partial charge in [-0.3, -0.25) is 0 Å². The van der Waals surface area contributed by atoms with Crippen molar-refractivity contribution in [3.05, 3.63) is 65.5 Å². The molecule has 0 aromatic heterocycles. The van der Waals surface area contributed by atoms with Gasteiger partial charge >= 0.3 is 6.09 Å². The maximum absolute atomic E-state index is 14.1. The van der Waals surface area contributed by atoms with Crippen LogP contribution in [0.5, 0.6) is 0 Å². The Bertz CT molecular complexity index is 1270. The number of piperidine rings is 1. The SMILES string of the molecule is O=C(OC1([C@H]2CCC[C@@H](c3cccc(F)c3)N2S(=O)(=O)c2ccc(F)c(F)c2)CC1)N1CCC(O)C1. The highest BCUT2D eigenvalue weighted by Crippen LogP contribution is 2.52. The number of halogens is 3. The number of β-amino-alcohol motifs (C(OH)–C–C–N with tert-alkyl or cyclic N) is 1. The highest BCUT2D eigenvalue weighted by atomic mass is 32.2. The molecule has 0 spiro atoms. The van der Waals surface area contributed by atoms with E-state index in [4.69, 9.17) is 4.74 Å². The lowest BCUT2D eigenvalue weighted by Crippen LogP contribution is -2.54. The summed E-state index contributed by atoms with van der Waals surface area (Å²) in [5.41, 5.74) is -0.668. The van der Waals surface area contributed by atoms with Gasteiger partial charge in [0.25, 0.3) is 0 Å². The number of nitrogens with zero attached hydrogens (tertiary/aromatic N) is 2. The normalized spacial score (nSPS) is 26.1. The first-order valence-electron chi connectivity index (χ1n) is 12.0. The van der Waals surface area contributed by atoms with Crippen LogP contribution in [0.25, 0.3) is 0 Å².